The summed E-state index contributed by atoms with van der Waals surface area (Å²) in [7, 11) is 0. The minimum atomic E-state index is -4.39. The van der Waals surface area contributed by atoms with Crippen molar-refractivity contribution >= 4 is 11.6 Å². The van der Waals surface area contributed by atoms with Gasteiger partial charge in [-0.25, -0.2) is 9.97 Å². The van der Waals surface area contributed by atoms with Crippen LogP contribution in [0.1, 0.15) is 55.7 Å². The van der Waals surface area contributed by atoms with Gasteiger partial charge in [-0.1, -0.05) is 25.0 Å². The maximum absolute atomic E-state index is 15.2. The van der Waals surface area contributed by atoms with Gasteiger partial charge in [-0.3, -0.25) is 0 Å². The van der Waals surface area contributed by atoms with Gasteiger partial charge in [0.05, 0.1) is 17.7 Å². The molecule has 31 heavy (non-hydrogen) atoms. The molecule has 2 unspecified atom stereocenters. The number of hydrogen-bond donors (Lipinski definition) is 2. The van der Waals surface area contributed by atoms with Crippen LogP contribution in [0.2, 0.25) is 0 Å². The quantitative estimate of drug-likeness (QED) is 0.648. The van der Waals surface area contributed by atoms with Crippen molar-refractivity contribution in [3.05, 3.63) is 47.5 Å². The van der Waals surface area contributed by atoms with Crippen molar-refractivity contribution < 1.29 is 22.7 Å². The first-order valence-corrected chi connectivity index (χ1v) is 10.7. The van der Waals surface area contributed by atoms with Gasteiger partial charge >= 0.3 is 6.18 Å². The van der Waals surface area contributed by atoms with Crippen LogP contribution in [0.3, 0.4) is 0 Å². The Morgan fingerprint density at radius 2 is 1.77 bits per heavy atom. The van der Waals surface area contributed by atoms with E-state index in [0.29, 0.717) is 25.1 Å². The Morgan fingerprint density at radius 1 is 1.03 bits per heavy atom. The van der Waals surface area contributed by atoms with Crippen LogP contribution in [0.15, 0.2) is 30.6 Å². The summed E-state index contributed by atoms with van der Waals surface area (Å²) < 4.78 is 53.8. The maximum atomic E-state index is 15.2. The van der Waals surface area contributed by atoms with E-state index in [2.05, 4.69) is 15.3 Å². The fourth-order valence-electron chi connectivity index (χ4n) is 4.60. The molecule has 0 radical (unpaired) electrons. The van der Waals surface area contributed by atoms with E-state index in [4.69, 9.17) is 0 Å². The molecule has 4 rings (SSSR count). The van der Waals surface area contributed by atoms with E-state index in [9.17, 15) is 18.3 Å². The summed E-state index contributed by atoms with van der Waals surface area (Å²) in [5.41, 5.74) is -0.00579. The second kappa shape index (κ2) is 8.98. The number of alkyl halides is 3. The van der Waals surface area contributed by atoms with Gasteiger partial charge in [0.15, 0.2) is 11.6 Å². The minimum Gasteiger partial charge on any atom is -0.393 e. The Hall–Kier alpha value is -2.42. The van der Waals surface area contributed by atoms with Crippen molar-refractivity contribution in [2.45, 2.75) is 56.8 Å². The Balaban J connectivity index is 1.51. The molecule has 2 heterocycles. The molecular formula is C22H26F4N4O. The van der Waals surface area contributed by atoms with Crippen molar-refractivity contribution in [2.24, 2.45) is 5.92 Å². The van der Waals surface area contributed by atoms with E-state index >= 15 is 4.39 Å². The monoisotopic (exact) mass is 438 g/mol. The lowest BCUT2D eigenvalue weighted by atomic mass is 9.86. The van der Waals surface area contributed by atoms with E-state index in [1.165, 1.54) is 18.5 Å². The molecule has 1 aliphatic carbocycles. The number of hydrogen-bond acceptors (Lipinski definition) is 5. The molecule has 1 saturated carbocycles. The fraction of sp³-hybridized carbons (Fsp3) is 0.545. The molecule has 2 aromatic rings. The lowest BCUT2D eigenvalue weighted by Crippen LogP contribution is -2.31. The van der Waals surface area contributed by atoms with Gasteiger partial charge < -0.3 is 15.3 Å². The number of nitrogens with zero attached hydrogens (tertiary/aromatic N) is 3. The van der Waals surface area contributed by atoms with Gasteiger partial charge in [-0.05, 0) is 43.4 Å². The average molecular weight is 438 g/mol. The van der Waals surface area contributed by atoms with E-state index < -0.39 is 23.7 Å². The summed E-state index contributed by atoms with van der Waals surface area (Å²) >= 11 is 0. The van der Waals surface area contributed by atoms with E-state index in [1.54, 1.807) is 4.90 Å². The highest BCUT2D eigenvalue weighted by Crippen LogP contribution is 2.38. The molecule has 0 spiro atoms. The Bertz CT molecular complexity index is 890. The molecule has 2 aliphatic rings. The van der Waals surface area contributed by atoms with Crippen LogP contribution in [0.4, 0.5) is 29.2 Å². The molecule has 1 saturated heterocycles. The van der Waals surface area contributed by atoms with Crippen molar-refractivity contribution in [2.75, 3.05) is 23.3 Å². The number of halogens is 4. The summed E-state index contributed by atoms with van der Waals surface area (Å²) in [6, 6.07) is 4.78. The van der Waals surface area contributed by atoms with E-state index in [0.717, 1.165) is 44.2 Å². The number of aromatic nitrogens is 2. The number of anilines is 2. The second-order valence-electron chi connectivity index (χ2n) is 8.32. The van der Waals surface area contributed by atoms with Crippen LogP contribution in [0.25, 0.3) is 0 Å². The number of benzene rings is 1. The highest BCUT2D eigenvalue weighted by molar-refractivity contribution is 5.53. The van der Waals surface area contributed by atoms with Crippen LogP contribution >= 0.6 is 0 Å². The first kappa shape index (κ1) is 21.8. The van der Waals surface area contributed by atoms with Crippen molar-refractivity contribution in [1.29, 1.82) is 0 Å². The van der Waals surface area contributed by atoms with Gasteiger partial charge in [0, 0.05) is 19.0 Å². The summed E-state index contributed by atoms with van der Waals surface area (Å²) in [5, 5.41) is 13.1. The summed E-state index contributed by atoms with van der Waals surface area (Å²) in [4.78, 5) is 9.95. The third-order valence-electron chi connectivity index (χ3n) is 6.32. The Morgan fingerprint density at radius 3 is 2.48 bits per heavy atom. The van der Waals surface area contributed by atoms with Crippen LogP contribution in [-0.4, -0.2) is 34.3 Å². The average Bonchev–Trinajstić information content (AvgIpc) is 3.23. The predicted molar refractivity (Wildman–Crippen MR) is 109 cm³/mol. The zero-order chi connectivity index (χ0) is 22.0. The third-order valence-corrected chi connectivity index (χ3v) is 6.32. The zero-order valence-electron chi connectivity index (χ0n) is 17.1. The topological polar surface area (TPSA) is 61.3 Å². The van der Waals surface area contributed by atoms with Gasteiger partial charge in [-0.15, -0.1) is 0 Å². The number of aliphatic hydroxyl groups excluding tert-OH is 1. The molecule has 5 nitrogen and oxygen atoms in total. The van der Waals surface area contributed by atoms with Crippen LogP contribution < -0.4 is 10.2 Å². The molecule has 9 heteroatoms. The molecule has 1 aliphatic heterocycles. The lowest BCUT2D eigenvalue weighted by molar-refractivity contribution is -0.137. The summed E-state index contributed by atoms with van der Waals surface area (Å²) in [6.45, 7) is 0.983. The standard InChI is InChI=1S/C22H26F4N4O/c23-19-20(27-12-15-4-1-2-6-18(15)31)28-13-29-21(19)30-11-3-5-17(30)14-7-9-16(10-8-14)22(24,25)26/h7-10,13,15,17-18,31H,1-6,11-12H2,(H,27,28,29)/t15?,17-,18?/m1/s1. The number of aliphatic hydroxyl groups is 1. The van der Waals surface area contributed by atoms with Crippen molar-refractivity contribution in [3.63, 3.8) is 0 Å². The molecule has 2 fully saturated rings. The predicted octanol–water partition coefficient (Wildman–Crippen LogP) is 4.94. The zero-order valence-corrected chi connectivity index (χ0v) is 17.1. The fourth-order valence-corrected chi connectivity index (χ4v) is 4.60. The van der Waals surface area contributed by atoms with Crippen LogP contribution in [-0.2, 0) is 6.18 Å². The molecule has 3 atom stereocenters. The smallest absolute Gasteiger partial charge is 0.393 e. The largest absolute Gasteiger partial charge is 0.416 e. The molecular weight excluding hydrogens is 412 g/mol. The molecule has 1 aromatic carbocycles. The molecule has 168 valence electrons. The van der Waals surface area contributed by atoms with Crippen molar-refractivity contribution in [3.8, 4) is 0 Å². The van der Waals surface area contributed by atoms with Gasteiger partial charge in [0.1, 0.15) is 6.33 Å². The van der Waals surface area contributed by atoms with E-state index in [-0.39, 0.29) is 23.6 Å². The second-order valence-corrected chi connectivity index (χ2v) is 8.32. The summed E-state index contributed by atoms with van der Waals surface area (Å²) in [5.74, 6) is -0.296. The minimum absolute atomic E-state index is 0.0539. The lowest BCUT2D eigenvalue weighted by Gasteiger charge is -2.29. The molecule has 1 aromatic heterocycles. The SMILES string of the molecule is OC1CCCCC1CNc1ncnc(N2CCC[C@@H]2c2ccc(C(F)(F)F)cc2)c1F. The first-order valence-electron chi connectivity index (χ1n) is 10.7. The third kappa shape index (κ3) is 4.76. The van der Waals surface area contributed by atoms with Crippen LogP contribution in [0.5, 0.6) is 0 Å². The number of nitrogens with one attached hydrogen (secondary N) is 1. The maximum Gasteiger partial charge on any atom is 0.416 e. The Kier molecular flexibility index (Phi) is 6.31. The van der Waals surface area contributed by atoms with Gasteiger partial charge in [-0.2, -0.15) is 17.6 Å². The van der Waals surface area contributed by atoms with E-state index in [1.807, 2.05) is 0 Å². The highest BCUT2D eigenvalue weighted by Gasteiger charge is 2.33. The summed E-state index contributed by atoms with van der Waals surface area (Å²) in [6.07, 6.45) is 1.68. The molecule has 2 N–H and O–H groups in total. The number of rotatable bonds is 5. The normalized spacial score (nSPS) is 24.4. The highest BCUT2D eigenvalue weighted by atomic mass is 19.4. The Labute approximate surface area is 178 Å². The van der Waals surface area contributed by atoms with Crippen molar-refractivity contribution in [1.82, 2.24) is 9.97 Å². The van der Waals surface area contributed by atoms with Crippen LogP contribution in [0, 0.1) is 11.7 Å². The van der Waals surface area contributed by atoms with Gasteiger partial charge in [0.25, 0.3) is 0 Å². The molecule has 0 amide bonds. The molecule has 0 bridgehead atoms. The van der Waals surface area contributed by atoms with Gasteiger partial charge in [0.2, 0.25) is 5.82 Å². The first-order chi connectivity index (χ1) is 14.8.